The fourth-order valence-electron chi connectivity index (χ4n) is 2.90. The van der Waals surface area contributed by atoms with E-state index in [2.05, 4.69) is 10.1 Å². The number of rotatable bonds is 3. The minimum atomic E-state index is -3.31. The van der Waals surface area contributed by atoms with Crippen molar-refractivity contribution in [2.24, 2.45) is 0 Å². The smallest absolute Gasteiger partial charge is 0.377 e. The summed E-state index contributed by atoms with van der Waals surface area (Å²) in [5, 5.41) is 3.18. The van der Waals surface area contributed by atoms with Crippen LogP contribution in [0.3, 0.4) is 0 Å². The highest BCUT2D eigenvalue weighted by atomic mass is 19.3. The molecule has 3 aliphatic rings. The van der Waals surface area contributed by atoms with Gasteiger partial charge in [-0.3, -0.25) is 0 Å². The highest BCUT2D eigenvalue weighted by Crippen LogP contribution is 2.35. The minimum Gasteiger partial charge on any atom is -0.456 e. The second-order valence-electron chi connectivity index (χ2n) is 5.06. The maximum absolute atomic E-state index is 12.9. The van der Waals surface area contributed by atoms with Gasteiger partial charge in [0, 0.05) is 12.6 Å². The van der Waals surface area contributed by atoms with E-state index in [4.69, 9.17) is 4.74 Å². The van der Waals surface area contributed by atoms with Gasteiger partial charge in [-0.25, -0.2) is 4.79 Å². The lowest BCUT2D eigenvalue weighted by Crippen LogP contribution is -2.41. The predicted molar refractivity (Wildman–Crippen MR) is 53.7 cm³/mol. The van der Waals surface area contributed by atoms with Gasteiger partial charge in [0.25, 0.3) is 0 Å². The zero-order chi connectivity index (χ0) is 12.0. The number of alkyl halides is 2. The Bertz CT molecular complexity index is 337. The van der Waals surface area contributed by atoms with Gasteiger partial charge in [-0.15, -0.1) is 0 Å². The molecule has 4 unspecified atom stereocenters. The largest absolute Gasteiger partial charge is 0.456 e. The number of carbonyl (C=O) groups excluding carboxylic acids is 1. The van der Waals surface area contributed by atoms with Crippen LogP contribution in [0.4, 0.5) is 8.78 Å². The number of hydrogen-bond donors (Lipinski definition) is 1. The molecule has 3 heterocycles. The number of halogens is 2. The number of carbonyl (C=O) groups is 1. The number of esters is 1. The van der Waals surface area contributed by atoms with Crippen LogP contribution >= 0.6 is 0 Å². The lowest BCUT2D eigenvalue weighted by molar-refractivity contribution is -0.159. The van der Waals surface area contributed by atoms with Gasteiger partial charge < -0.3 is 14.8 Å². The van der Waals surface area contributed by atoms with Crippen molar-refractivity contribution in [3.63, 3.8) is 0 Å². The molecule has 0 aliphatic carbocycles. The molecule has 4 atom stereocenters. The van der Waals surface area contributed by atoms with Crippen LogP contribution in [0.5, 0.6) is 0 Å². The summed E-state index contributed by atoms with van der Waals surface area (Å²) in [6.07, 6.45) is 2.36. The van der Waals surface area contributed by atoms with E-state index in [0.717, 1.165) is 19.3 Å². The van der Waals surface area contributed by atoms with Crippen LogP contribution in [-0.2, 0) is 14.3 Å². The first-order valence-electron chi connectivity index (χ1n) is 6.02. The van der Waals surface area contributed by atoms with Crippen LogP contribution in [0.2, 0.25) is 0 Å². The Morgan fingerprint density at radius 2 is 2.24 bits per heavy atom. The normalized spacial score (nSPS) is 43.1. The topological polar surface area (TPSA) is 47.6 Å². The van der Waals surface area contributed by atoms with Gasteiger partial charge >= 0.3 is 11.9 Å². The Morgan fingerprint density at radius 3 is 2.76 bits per heavy atom. The van der Waals surface area contributed by atoms with E-state index in [0.29, 0.717) is 12.6 Å². The number of ether oxygens (including phenoxy) is 2. The molecular weight excluding hydrogens is 232 g/mol. The van der Waals surface area contributed by atoms with E-state index in [1.807, 2.05) is 0 Å². The Kier molecular flexibility index (Phi) is 2.59. The Balaban J connectivity index is 1.48. The van der Waals surface area contributed by atoms with Crippen molar-refractivity contribution in [3.05, 3.63) is 0 Å². The zero-order valence-electron chi connectivity index (χ0n) is 9.33. The van der Waals surface area contributed by atoms with Crippen molar-refractivity contribution in [2.75, 3.05) is 6.54 Å². The maximum Gasteiger partial charge on any atom is 0.377 e. The average molecular weight is 247 g/mol. The van der Waals surface area contributed by atoms with Crippen molar-refractivity contribution >= 4 is 5.97 Å². The molecule has 0 saturated carbocycles. The van der Waals surface area contributed by atoms with E-state index in [1.165, 1.54) is 0 Å². The maximum atomic E-state index is 12.9. The van der Waals surface area contributed by atoms with Gasteiger partial charge in [-0.05, 0) is 19.3 Å². The van der Waals surface area contributed by atoms with E-state index >= 15 is 0 Å². The Morgan fingerprint density at radius 1 is 1.41 bits per heavy atom. The van der Waals surface area contributed by atoms with Crippen molar-refractivity contribution < 1.29 is 23.0 Å². The number of hydrogen-bond acceptors (Lipinski definition) is 4. The third-order valence-corrected chi connectivity index (χ3v) is 3.77. The molecule has 0 radical (unpaired) electrons. The van der Waals surface area contributed by atoms with Crippen molar-refractivity contribution in [2.45, 2.75) is 56.0 Å². The van der Waals surface area contributed by atoms with E-state index in [9.17, 15) is 13.6 Å². The summed E-state index contributed by atoms with van der Waals surface area (Å²) in [6, 6.07) is 0.224. The van der Waals surface area contributed by atoms with Crippen molar-refractivity contribution in [1.82, 2.24) is 5.32 Å². The SMILES string of the molecule is O=C1OC(CNC2CC3CCC2O3)CC1(F)F. The molecule has 3 aliphatic heterocycles. The summed E-state index contributed by atoms with van der Waals surface area (Å²) in [5.74, 6) is -4.70. The molecule has 4 nitrogen and oxygen atoms in total. The van der Waals surface area contributed by atoms with Gasteiger partial charge in [0.2, 0.25) is 0 Å². The first-order valence-corrected chi connectivity index (χ1v) is 6.02. The van der Waals surface area contributed by atoms with E-state index in [-0.39, 0.29) is 12.1 Å². The van der Waals surface area contributed by atoms with Gasteiger partial charge in [0.15, 0.2) is 0 Å². The van der Waals surface area contributed by atoms with Crippen LogP contribution in [0.1, 0.15) is 25.7 Å². The summed E-state index contributed by atoms with van der Waals surface area (Å²) >= 11 is 0. The Labute approximate surface area is 97.6 Å². The highest BCUT2D eigenvalue weighted by molar-refractivity contribution is 5.79. The van der Waals surface area contributed by atoms with Crippen molar-refractivity contribution in [1.29, 1.82) is 0 Å². The van der Waals surface area contributed by atoms with Crippen LogP contribution in [0.15, 0.2) is 0 Å². The third kappa shape index (κ3) is 2.04. The molecule has 96 valence electrons. The molecule has 6 heteroatoms. The molecule has 3 rings (SSSR count). The summed E-state index contributed by atoms with van der Waals surface area (Å²) in [7, 11) is 0. The zero-order valence-corrected chi connectivity index (χ0v) is 9.33. The molecule has 3 fully saturated rings. The summed E-state index contributed by atoms with van der Waals surface area (Å²) in [5.41, 5.74) is 0. The third-order valence-electron chi connectivity index (χ3n) is 3.77. The van der Waals surface area contributed by atoms with Gasteiger partial charge in [-0.2, -0.15) is 8.78 Å². The van der Waals surface area contributed by atoms with Crippen LogP contribution in [0, 0.1) is 0 Å². The molecule has 17 heavy (non-hydrogen) atoms. The average Bonchev–Trinajstić information content (AvgIpc) is 2.91. The molecular formula is C11H15F2NO3. The number of cyclic esters (lactones) is 1. The molecule has 0 spiro atoms. The number of fused-ring (bicyclic) bond motifs is 2. The monoisotopic (exact) mass is 247 g/mol. The van der Waals surface area contributed by atoms with Crippen molar-refractivity contribution in [3.8, 4) is 0 Å². The van der Waals surface area contributed by atoms with Gasteiger partial charge in [0.05, 0.1) is 18.6 Å². The molecule has 0 aromatic rings. The fraction of sp³-hybridized carbons (Fsp3) is 0.909. The molecule has 1 N–H and O–H groups in total. The van der Waals surface area contributed by atoms with Crippen LogP contribution < -0.4 is 5.32 Å². The molecule has 0 aromatic heterocycles. The Hall–Kier alpha value is -0.750. The summed E-state index contributed by atoms with van der Waals surface area (Å²) < 4.78 is 36.1. The van der Waals surface area contributed by atoms with Gasteiger partial charge in [-0.1, -0.05) is 0 Å². The second-order valence-corrected chi connectivity index (χ2v) is 5.06. The molecule has 2 bridgehead atoms. The standard InChI is InChI=1S/C11H15F2NO3/c12-11(13)4-7(17-10(11)15)5-14-8-3-6-1-2-9(8)16-6/h6-9,14H,1-5H2. The first-order chi connectivity index (χ1) is 8.04. The second kappa shape index (κ2) is 3.88. The fourth-order valence-corrected chi connectivity index (χ4v) is 2.90. The quantitative estimate of drug-likeness (QED) is 0.751. The highest BCUT2D eigenvalue weighted by Gasteiger charge is 2.51. The van der Waals surface area contributed by atoms with Crippen LogP contribution in [-0.4, -0.2) is 42.8 Å². The first kappa shape index (κ1) is 11.3. The van der Waals surface area contributed by atoms with E-state index < -0.39 is 24.4 Å². The predicted octanol–water partition coefficient (Wildman–Crippen LogP) is 0.847. The summed E-state index contributed by atoms with van der Waals surface area (Å²) in [6.45, 7) is 0.290. The number of nitrogens with one attached hydrogen (secondary N) is 1. The van der Waals surface area contributed by atoms with E-state index in [1.54, 1.807) is 0 Å². The molecule has 3 saturated heterocycles. The van der Waals surface area contributed by atoms with Crippen LogP contribution in [0.25, 0.3) is 0 Å². The summed E-state index contributed by atoms with van der Waals surface area (Å²) in [4.78, 5) is 10.8. The lowest BCUT2D eigenvalue weighted by atomic mass is 9.95. The van der Waals surface area contributed by atoms with Gasteiger partial charge in [0.1, 0.15) is 6.10 Å². The lowest BCUT2D eigenvalue weighted by Gasteiger charge is -2.21. The molecule has 0 amide bonds. The minimum absolute atomic E-state index is 0.206. The molecule has 0 aromatic carbocycles.